The van der Waals surface area contributed by atoms with Crippen LogP contribution < -0.4 is 4.90 Å². The standard InChI is InChI=1S/C16H26N2O/c1-5-6-7-16(19)18(13-12-17(3)4)15-10-8-14(2)9-11-15/h8-11H,5-7,12-13H2,1-4H3. The Morgan fingerprint density at radius 1 is 1.11 bits per heavy atom. The molecule has 0 N–H and O–H groups in total. The Kier molecular flexibility index (Phi) is 6.57. The van der Waals surface area contributed by atoms with Crippen molar-refractivity contribution in [1.82, 2.24) is 4.90 Å². The first-order chi connectivity index (χ1) is 9.04. The quantitative estimate of drug-likeness (QED) is 0.754. The fraction of sp³-hybridized carbons (Fsp3) is 0.562. The lowest BCUT2D eigenvalue weighted by Crippen LogP contribution is -2.36. The molecule has 0 heterocycles. The molecule has 1 aromatic carbocycles. The SMILES string of the molecule is CCCCC(=O)N(CCN(C)C)c1ccc(C)cc1. The third kappa shape index (κ3) is 5.43. The number of hydrogen-bond donors (Lipinski definition) is 0. The molecule has 0 saturated carbocycles. The van der Waals surface area contributed by atoms with Crippen LogP contribution in [0.25, 0.3) is 0 Å². The van der Waals surface area contributed by atoms with E-state index in [4.69, 9.17) is 0 Å². The van der Waals surface area contributed by atoms with Crippen molar-refractivity contribution in [2.75, 3.05) is 32.1 Å². The van der Waals surface area contributed by atoms with E-state index in [1.807, 2.05) is 31.1 Å². The molecule has 1 amide bonds. The fourth-order valence-electron chi connectivity index (χ4n) is 1.89. The summed E-state index contributed by atoms with van der Waals surface area (Å²) in [7, 11) is 4.06. The van der Waals surface area contributed by atoms with Gasteiger partial charge in [0.15, 0.2) is 0 Å². The predicted molar refractivity (Wildman–Crippen MR) is 81.6 cm³/mol. The summed E-state index contributed by atoms with van der Waals surface area (Å²) in [4.78, 5) is 16.3. The average Bonchev–Trinajstić information content (AvgIpc) is 2.38. The van der Waals surface area contributed by atoms with Gasteiger partial charge in [0.1, 0.15) is 0 Å². The summed E-state index contributed by atoms with van der Waals surface area (Å²) in [6.45, 7) is 5.81. The number of nitrogens with zero attached hydrogens (tertiary/aromatic N) is 2. The molecule has 106 valence electrons. The van der Waals surface area contributed by atoms with Crippen LogP contribution >= 0.6 is 0 Å². The number of hydrogen-bond acceptors (Lipinski definition) is 2. The van der Waals surface area contributed by atoms with Gasteiger partial charge in [-0.05, 0) is 39.6 Å². The number of benzene rings is 1. The number of carbonyl (C=O) groups is 1. The minimum Gasteiger partial charge on any atom is -0.311 e. The molecular weight excluding hydrogens is 236 g/mol. The van der Waals surface area contributed by atoms with Gasteiger partial charge in [-0.1, -0.05) is 31.0 Å². The van der Waals surface area contributed by atoms with Crippen LogP contribution in [0.5, 0.6) is 0 Å². The highest BCUT2D eigenvalue weighted by atomic mass is 16.2. The van der Waals surface area contributed by atoms with E-state index in [-0.39, 0.29) is 5.91 Å². The van der Waals surface area contributed by atoms with Gasteiger partial charge < -0.3 is 9.80 Å². The van der Waals surface area contributed by atoms with Crippen LogP contribution in [0.1, 0.15) is 31.7 Å². The minimum absolute atomic E-state index is 0.229. The van der Waals surface area contributed by atoms with Crippen LogP contribution in [0, 0.1) is 6.92 Å². The molecule has 3 nitrogen and oxygen atoms in total. The maximum atomic E-state index is 12.3. The molecule has 0 unspecified atom stereocenters. The Balaban J connectivity index is 2.78. The maximum Gasteiger partial charge on any atom is 0.227 e. The molecule has 0 atom stereocenters. The van der Waals surface area contributed by atoms with Crippen molar-refractivity contribution in [2.24, 2.45) is 0 Å². The number of carbonyl (C=O) groups excluding carboxylic acids is 1. The van der Waals surface area contributed by atoms with E-state index >= 15 is 0 Å². The number of rotatable bonds is 7. The summed E-state index contributed by atoms with van der Waals surface area (Å²) in [6.07, 6.45) is 2.65. The molecule has 0 aliphatic heterocycles. The average molecular weight is 262 g/mol. The van der Waals surface area contributed by atoms with E-state index in [2.05, 4.69) is 30.9 Å². The largest absolute Gasteiger partial charge is 0.311 e. The maximum absolute atomic E-state index is 12.3. The highest BCUT2D eigenvalue weighted by Gasteiger charge is 2.14. The van der Waals surface area contributed by atoms with Crippen LogP contribution in [-0.2, 0) is 4.79 Å². The van der Waals surface area contributed by atoms with Crippen molar-refractivity contribution >= 4 is 11.6 Å². The molecule has 0 aliphatic rings. The number of likely N-dealkylation sites (N-methyl/N-ethyl adjacent to an activating group) is 1. The second-order valence-electron chi connectivity index (χ2n) is 5.29. The lowest BCUT2D eigenvalue weighted by molar-refractivity contribution is -0.118. The Labute approximate surface area is 117 Å². The lowest BCUT2D eigenvalue weighted by atomic mass is 10.2. The van der Waals surface area contributed by atoms with E-state index in [9.17, 15) is 4.79 Å². The monoisotopic (exact) mass is 262 g/mol. The Hall–Kier alpha value is -1.35. The van der Waals surface area contributed by atoms with Gasteiger partial charge in [-0.3, -0.25) is 4.79 Å². The molecule has 0 radical (unpaired) electrons. The molecule has 1 aromatic rings. The summed E-state index contributed by atoms with van der Waals surface area (Å²) in [5.41, 5.74) is 2.23. The highest BCUT2D eigenvalue weighted by Crippen LogP contribution is 2.17. The van der Waals surface area contributed by atoms with E-state index in [1.54, 1.807) is 0 Å². The summed E-state index contributed by atoms with van der Waals surface area (Å²) < 4.78 is 0. The smallest absolute Gasteiger partial charge is 0.227 e. The molecule has 0 aliphatic carbocycles. The normalized spacial score (nSPS) is 10.8. The molecule has 0 spiro atoms. The molecule has 0 fully saturated rings. The summed E-state index contributed by atoms with van der Waals surface area (Å²) >= 11 is 0. The second kappa shape index (κ2) is 7.95. The number of unbranched alkanes of at least 4 members (excludes halogenated alkanes) is 1. The molecule has 1 rings (SSSR count). The van der Waals surface area contributed by atoms with Crippen molar-refractivity contribution in [1.29, 1.82) is 0 Å². The van der Waals surface area contributed by atoms with Gasteiger partial charge in [0.2, 0.25) is 5.91 Å². The topological polar surface area (TPSA) is 23.6 Å². The molecule has 0 saturated heterocycles. The lowest BCUT2D eigenvalue weighted by Gasteiger charge is -2.24. The Morgan fingerprint density at radius 2 is 1.74 bits per heavy atom. The number of anilines is 1. The molecule has 3 heteroatoms. The van der Waals surface area contributed by atoms with Gasteiger partial charge in [0.05, 0.1) is 0 Å². The molecular formula is C16H26N2O. The van der Waals surface area contributed by atoms with Crippen LogP contribution in [0.2, 0.25) is 0 Å². The zero-order valence-corrected chi connectivity index (χ0v) is 12.6. The zero-order valence-electron chi connectivity index (χ0n) is 12.6. The zero-order chi connectivity index (χ0) is 14.3. The van der Waals surface area contributed by atoms with Crippen molar-refractivity contribution in [3.05, 3.63) is 29.8 Å². The minimum atomic E-state index is 0.229. The van der Waals surface area contributed by atoms with Crippen LogP contribution in [-0.4, -0.2) is 38.0 Å². The Bertz CT molecular complexity index is 384. The molecule has 0 aromatic heterocycles. The van der Waals surface area contributed by atoms with Gasteiger partial charge in [-0.25, -0.2) is 0 Å². The third-order valence-electron chi connectivity index (χ3n) is 3.16. The van der Waals surface area contributed by atoms with Gasteiger partial charge in [0, 0.05) is 25.2 Å². The highest BCUT2D eigenvalue weighted by molar-refractivity contribution is 5.93. The van der Waals surface area contributed by atoms with Crippen molar-refractivity contribution in [2.45, 2.75) is 33.1 Å². The van der Waals surface area contributed by atoms with Gasteiger partial charge in [-0.2, -0.15) is 0 Å². The predicted octanol–water partition coefficient (Wildman–Crippen LogP) is 3.08. The summed E-state index contributed by atoms with van der Waals surface area (Å²) in [5, 5.41) is 0. The van der Waals surface area contributed by atoms with Gasteiger partial charge in [0.25, 0.3) is 0 Å². The van der Waals surface area contributed by atoms with Crippen molar-refractivity contribution in [3.63, 3.8) is 0 Å². The van der Waals surface area contributed by atoms with Crippen molar-refractivity contribution in [3.8, 4) is 0 Å². The van der Waals surface area contributed by atoms with E-state index in [0.717, 1.165) is 31.6 Å². The first-order valence-corrected chi connectivity index (χ1v) is 7.06. The first kappa shape index (κ1) is 15.7. The fourth-order valence-corrected chi connectivity index (χ4v) is 1.89. The van der Waals surface area contributed by atoms with Gasteiger partial charge in [-0.15, -0.1) is 0 Å². The van der Waals surface area contributed by atoms with Crippen LogP contribution in [0.4, 0.5) is 5.69 Å². The summed E-state index contributed by atoms with van der Waals surface area (Å²) in [5.74, 6) is 0.229. The van der Waals surface area contributed by atoms with Crippen LogP contribution in [0.3, 0.4) is 0 Å². The van der Waals surface area contributed by atoms with E-state index < -0.39 is 0 Å². The van der Waals surface area contributed by atoms with E-state index in [1.165, 1.54) is 5.56 Å². The third-order valence-corrected chi connectivity index (χ3v) is 3.16. The second-order valence-corrected chi connectivity index (χ2v) is 5.29. The number of amides is 1. The van der Waals surface area contributed by atoms with Gasteiger partial charge >= 0.3 is 0 Å². The van der Waals surface area contributed by atoms with E-state index in [0.29, 0.717) is 6.42 Å². The van der Waals surface area contributed by atoms with Crippen molar-refractivity contribution < 1.29 is 4.79 Å². The molecule has 19 heavy (non-hydrogen) atoms. The van der Waals surface area contributed by atoms with Crippen LogP contribution in [0.15, 0.2) is 24.3 Å². The Morgan fingerprint density at radius 3 is 2.26 bits per heavy atom. The summed E-state index contributed by atoms with van der Waals surface area (Å²) in [6, 6.07) is 8.19. The first-order valence-electron chi connectivity index (χ1n) is 7.06. The molecule has 0 bridgehead atoms. The number of aryl methyl sites for hydroxylation is 1.